The van der Waals surface area contributed by atoms with Gasteiger partial charge < -0.3 is 10.2 Å². The van der Waals surface area contributed by atoms with Crippen LogP contribution in [0, 0.1) is 11.6 Å². The number of halogens is 2. The highest BCUT2D eigenvalue weighted by Crippen LogP contribution is 2.21. The molecule has 0 unspecified atom stereocenters. The van der Waals surface area contributed by atoms with Gasteiger partial charge in [0.1, 0.15) is 17.3 Å². The lowest BCUT2D eigenvalue weighted by Crippen LogP contribution is -2.29. The molecule has 0 bridgehead atoms. The van der Waals surface area contributed by atoms with Gasteiger partial charge in [0.05, 0.1) is 5.69 Å². The van der Waals surface area contributed by atoms with E-state index in [9.17, 15) is 13.6 Å². The molecule has 7 heteroatoms. The molecule has 0 aliphatic heterocycles. The first-order valence-corrected chi connectivity index (χ1v) is 8.35. The molecule has 3 rings (SSSR count). The predicted molar refractivity (Wildman–Crippen MR) is 98.8 cm³/mol. The quantitative estimate of drug-likeness (QED) is 0.719. The standard InChI is InChI=1S/C20H18F2N4O/c1-26(11-7-14-4-8-23-9-5-14)20(27)19-13-16(6-10-24-19)25-18-3-2-15(21)12-17(18)22/h2-6,8-10,12-13H,7,11H2,1H3,(H,24,25). The summed E-state index contributed by atoms with van der Waals surface area (Å²) in [5.41, 5.74) is 1.92. The van der Waals surface area contributed by atoms with Crippen molar-refractivity contribution in [3.63, 3.8) is 0 Å². The van der Waals surface area contributed by atoms with Gasteiger partial charge in [0.25, 0.3) is 5.91 Å². The Kier molecular flexibility index (Phi) is 5.71. The van der Waals surface area contributed by atoms with Gasteiger partial charge in [-0.2, -0.15) is 0 Å². The molecule has 2 aromatic heterocycles. The summed E-state index contributed by atoms with van der Waals surface area (Å²) in [5, 5.41) is 2.83. The fraction of sp³-hybridized carbons (Fsp3) is 0.150. The molecule has 0 atom stereocenters. The molecule has 1 N–H and O–H groups in total. The second-order valence-electron chi connectivity index (χ2n) is 6.01. The highest BCUT2D eigenvalue weighted by molar-refractivity contribution is 5.93. The minimum absolute atomic E-state index is 0.118. The fourth-order valence-corrected chi connectivity index (χ4v) is 2.51. The number of carbonyl (C=O) groups is 1. The van der Waals surface area contributed by atoms with Gasteiger partial charge in [0.15, 0.2) is 0 Å². The molecule has 1 aromatic carbocycles. The van der Waals surface area contributed by atoms with Gasteiger partial charge in [0, 0.05) is 43.9 Å². The summed E-state index contributed by atoms with van der Waals surface area (Å²) in [5.74, 6) is -1.61. The number of pyridine rings is 2. The van der Waals surface area contributed by atoms with Crippen molar-refractivity contribution in [2.45, 2.75) is 6.42 Å². The highest BCUT2D eigenvalue weighted by atomic mass is 19.1. The lowest BCUT2D eigenvalue weighted by atomic mass is 10.2. The summed E-state index contributed by atoms with van der Waals surface area (Å²) in [7, 11) is 1.70. The van der Waals surface area contributed by atoms with Crippen LogP contribution in [0.25, 0.3) is 0 Å². The van der Waals surface area contributed by atoms with Crippen LogP contribution < -0.4 is 5.32 Å². The first kappa shape index (κ1) is 18.4. The number of nitrogens with one attached hydrogen (secondary N) is 1. The molecular formula is C20H18F2N4O. The van der Waals surface area contributed by atoms with Gasteiger partial charge in [0.2, 0.25) is 0 Å². The molecule has 27 heavy (non-hydrogen) atoms. The van der Waals surface area contributed by atoms with E-state index in [2.05, 4.69) is 15.3 Å². The Hall–Kier alpha value is -3.35. The van der Waals surface area contributed by atoms with Crippen LogP contribution in [-0.4, -0.2) is 34.4 Å². The van der Waals surface area contributed by atoms with Crippen LogP contribution in [0.3, 0.4) is 0 Å². The Labute approximate surface area is 155 Å². The third kappa shape index (κ3) is 4.84. The number of rotatable bonds is 6. The number of likely N-dealkylation sites (N-methyl/N-ethyl adjacent to an activating group) is 1. The van der Waals surface area contributed by atoms with Gasteiger partial charge in [-0.3, -0.25) is 14.8 Å². The van der Waals surface area contributed by atoms with Crippen LogP contribution in [0.4, 0.5) is 20.2 Å². The average molecular weight is 368 g/mol. The molecule has 0 saturated heterocycles. The molecule has 2 heterocycles. The number of nitrogens with zero attached hydrogens (tertiary/aromatic N) is 3. The third-order valence-corrected chi connectivity index (χ3v) is 4.02. The zero-order valence-electron chi connectivity index (χ0n) is 14.7. The number of carbonyl (C=O) groups excluding carboxylic acids is 1. The molecule has 0 saturated carbocycles. The fourth-order valence-electron chi connectivity index (χ4n) is 2.51. The van der Waals surface area contributed by atoms with Crippen LogP contribution >= 0.6 is 0 Å². The summed E-state index contributed by atoms with van der Waals surface area (Å²) >= 11 is 0. The molecule has 138 valence electrons. The molecule has 3 aromatic rings. The van der Waals surface area contributed by atoms with Crippen LogP contribution in [0.5, 0.6) is 0 Å². The van der Waals surface area contributed by atoms with Crippen molar-refractivity contribution in [3.8, 4) is 0 Å². The van der Waals surface area contributed by atoms with Crippen molar-refractivity contribution < 1.29 is 13.6 Å². The SMILES string of the molecule is CN(CCc1ccncc1)C(=O)c1cc(Nc2ccc(F)cc2F)ccn1. The Morgan fingerprint density at radius 2 is 1.85 bits per heavy atom. The molecule has 0 spiro atoms. The van der Waals surface area contributed by atoms with E-state index in [4.69, 9.17) is 0 Å². The summed E-state index contributed by atoms with van der Waals surface area (Å²) in [6.07, 6.45) is 5.59. The summed E-state index contributed by atoms with van der Waals surface area (Å²) in [4.78, 5) is 22.2. The van der Waals surface area contributed by atoms with E-state index in [0.29, 0.717) is 18.7 Å². The molecule has 0 aliphatic carbocycles. The van der Waals surface area contributed by atoms with Crippen LogP contribution in [0.1, 0.15) is 16.1 Å². The summed E-state index contributed by atoms with van der Waals surface area (Å²) in [6, 6.07) is 10.2. The molecular weight excluding hydrogens is 350 g/mol. The molecule has 0 aliphatic rings. The number of benzene rings is 1. The molecule has 0 radical (unpaired) electrons. The second kappa shape index (κ2) is 8.35. The maximum atomic E-state index is 13.8. The molecule has 0 fully saturated rings. The lowest BCUT2D eigenvalue weighted by Gasteiger charge is -2.17. The minimum Gasteiger partial charge on any atom is -0.353 e. The maximum absolute atomic E-state index is 13.8. The first-order chi connectivity index (χ1) is 13.0. The van der Waals surface area contributed by atoms with E-state index in [0.717, 1.165) is 17.7 Å². The van der Waals surface area contributed by atoms with Crippen molar-refractivity contribution in [3.05, 3.63) is 83.9 Å². The Bertz CT molecular complexity index is 934. The lowest BCUT2D eigenvalue weighted by molar-refractivity contribution is 0.0791. The van der Waals surface area contributed by atoms with E-state index in [1.807, 2.05) is 12.1 Å². The van der Waals surface area contributed by atoms with Crippen molar-refractivity contribution >= 4 is 17.3 Å². The Morgan fingerprint density at radius 3 is 2.59 bits per heavy atom. The molecule has 1 amide bonds. The van der Waals surface area contributed by atoms with Crippen LogP contribution in [0.15, 0.2) is 61.1 Å². The number of hydrogen-bond donors (Lipinski definition) is 1. The van der Waals surface area contributed by atoms with Gasteiger partial charge in [-0.1, -0.05) is 0 Å². The number of hydrogen-bond acceptors (Lipinski definition) is 4. The van der Waals surface area contributed by atoms with Gasteiger partial charge in [-0.15, -0.1) is 0 Å². The third-order valence-electron chi connectivity index (χ3n) is 4.02. The summed E-state index contributed by atoms with van der Waals surface area (Å²) in [6.45, 7) is 0.523. The van der Waals surface area contributed by atoms with E-state index in [1.165, 1.54) is 18.3 Å². The number of anilines is 2. The van der Waals surface area contributed by atoms with E-state index in [-0.39, 0.29) is 17.3 Å². The normalized spacial score (nSPS) is 10.5. The smallest absolute Gasteiger partial charge is 0.272 e. The van der Waals surface area contributed by atoms with Crippen molar-refractivity contribution in [2.24, 2.45) is 0 Å². The zero-order valence-corrected chi connectivity index (χ0v) is 14.7. The highest BCUT2D eigenvalue weighted by Gasteiger charge is 2.14. The number of amides is 1. The Morgan fingerprint density at radius 1 is 1.07 bits per heavy atom. The Balaban J connectivity index is 1.67. The van der Waals surface area contributed by atoms with E-state index in [1.54, 1.807) is 30.4 Å². The topological polar surface area (TPSA) is 58.1 Å². The van der Waals surface area contributed by atoms with Crippen molar-refractivity contribution in [1.82, 2.24) is 14.9 Å². The second-order valence-corrected chi connectivity index (χ2v) is 6.01. The minimum atomic E-state index is -0.714. The van der Waals surface area contributed by atoms with Gasteiger partial charge in [-0.25, -0.2) is 8.78 Å². The van der Waals surface area contributed by atoms with Crippen LogP contribution in [-0.2, 0) is 6.42 Å². The van der Waals surface area contributed by atoms with Gasteiger partial charge >= 0.3 is 0 Å². The van der Waals surface area contributed by atoms with Crippen molar-refractivity contribution in [2.75, 3.05) is 18.9 Å². The molecule has 5 nitrogen and oxygen atoms in total. The monoisotopic (exact) mass is 368 g/mol. The maximum Gasteiger partial charge on any atom is 0.272 e. The predicted octanol–water partition coefficient (Wildman–Crippen LogP) is 3.81. The zero-order chi connectivity index (χ0) is 19.2. The largest absolute Gasteiger partial charge is 0.353 e. The summed E-state index contributed by atoms with van der Waals surface area (Å²) < 4.78 is 26.8. The van der Waals surface area contributed by atoms with E-state index >= 15 is 0 Å². The van der Waals surface area contributed by atoms with E-state index < -0.39 is 11.6 Å². The first-order valence-electron chi connectivity index (χ1n) is 8.35. The average Bonchev–Trinajstić information content (AvgIpc) is 2.69. The number of aromatic nitrogens is 2. The van der Waals surface area contributed by atoms with Crippen molar-refractivity contribution in [1.29, 1.82) is 0 Å². The van der Waals surface area contributed by atoms with Gasteiger partial charge in [-0.05, 0) is 48.4 Å². The van der Waals surface area contributed by atoms with Crippen LogP contribution in [0.2, 0.25) is 0 Å².